The lowest BCUT2D eigenvalue weighted by molar-refractivity contribution is 0.351. The van der Waals surface area contributed by atoms with Crippen LogP contribution in [0.5, 0.6) is 0 Å². The lowest BCUT2D eigenvalue weighted by Crippen LogP contribution is -2.26. The molecule has 52 valence electrons. The highest BCUT2D eigenvalue weighted by molar-refractivity contribution is 5.48. The van der Waals surface area contributed by atoms with Gasteiger partial charge in [0.25, 0.3) is 0 Å². The molecule has 0 radical (unpaired) electrons. The first-order valence-corrected chi connectivity index (χ1v) is 4.26. The van der Waals surface area contributed by atoms with Gasteiger partial charge in [-0.05, 0) is 25.2 Å². The third-order valence-electron chi connectivity index (χ3n) is 3.37. The number of rotatable bonds is 0. The molecule has 3 aliphatic rings. The summed E-state index contributed by atoms with van der Waals surface area (Å²) in [6.07, 6.45) is 6.52. The van der Waals surface area contributed by atoms with Crippen molar-refractivity contribution < 1.29 is 0 Å². The maximum atomic E-state index is 2.46. The predicted molar refractivity (Wildman–Crippen MR) is 41.6 cm³/mol. The fourth-order valence-corrected chi connectivity index (χ4v) is 2.85. The highest BCUT2D eigenvalue weighted by Gasteiger charge is 2.43. The molecule has 0 aliphatic heterocycles. The first kappa shape index (κ1) is 5.17. The molecule has 0 aromatic carbocycles. The molecule has 1 fully saturated rings. The average molecular weight is 132 g/mol. The smallest absolute Gasteiger partial charge is 0.00420 e. The molecule has 2 atom stereocenters. The summed E-state index contributed by atoms with van der Waals surface area (Å²) in [6, 6.07) is 0. The quantitative estimate of drug-likeness (QED) is 0.444. The maximum absolute atomic E-state index is 2.46. The standard InChI is InChI=1S/C10H12/c1-6-4-9-7-2-3-8(5-7)10(6)9/h3,6,10H,2,4-5H2,1H3. The third-order valence-corrected chi connectivity index (χ3v) is 3.37. The molecule has 0 spiro atoms. The van der Waals surface area contributed by atoms with Gasteiger partial charge in [0.05, 0.1) is 0 Å². The first-order chi connectivity index (χ1) is 4.86. The molecule has 3 aliphatic carbocycles. The van der Waals surface area contributed by atoms with Crippen LogP contribution in [0.1, 0.15) is 26.2 Å². The van der Waals surface area contributed by atoms with Crippen LogP contribution in [0.2, 0.25) is 0 Å². The van der Waals surface area contributed by atoms with E-state index in [1.54, 1.807) is 11.1 Å². The fraction of sp³-hybridized carbons (Fsp3) is 0.600. The zero-order chi connectivity index (χ0) is 6.72. The van der Waals surface area contributed by atoms with E-state index < -0.39 is 0 Å². The fourth-order valence-electron chi connectivity index (χ4n) is 2.85. The molecule has 2 bridgehead atoms. The Morgan fingerprint density at radius 2 is 2.40 bits per heavy atom. The summed E-state index contributed by atoms with van der Waals surface area (Å²) >= 11 is 0. The Hall–Kier alpha value is -0.520. The lowest BCUT2D eigenvalue weighted by atomic mass is 9.68. The van der Waals surface area contributed by atoms with Gasteiger partial charge in [-0.15, -0.1) is 0 Å². The van der Waals surface area contributed by atoms with Crippen molar-refractivity contribution in [2.24, 2.45) is 11.8 Å². The van der Waals surface area contributed by atoms with E-state index in [2.05, 4.69) is 13.0 Å². The van der Waals surface area contributed by atoms with Crippen LogP contribution in [0.25, 0.3) is 0 Å². The zero-order valence-corrected chi connectivity index (χ0v) is 6.35. The van der Waals surface area contributed by atoms with E-state index in [4.69, 9.17) is 0 Å². The molecule has 0 aromatic rings. The van der Waals surface area contributed by atoms with Gasteiger partial charge in [-0.1, -0.05) is 29.7 Å². The van der Waals surface area contributed by atoms with Crippen LogP contribution < -0.4 is 0 Å². The maximum Gasteiger partial charge on any atom is 0.00420 e. The molecule has 2 unspecified atom stereocenters. The summed E-state index contributed by atoms with van der Waals surface area (Å²) in [5.74, 6) is 1.91. The van der Waals surface area contributed by atoms with Crippen LogP contribution in [0.4, 0.5) is 0 Å². The molecule has 0 saturated heterocycles. The first-order valence-electron chi connectivity index (χ1n) is 4.26. The van der Waals surface area contributed by atoms with Crippen LogP contribution in [-0.2, 0) is 0 Å². The second-order valence-corrected chi connectivity index (χ2v) is 3.95. The van der Waals surface area contributed by atoms with Gasteiger partial charge in [-0.3, -0.25) is 0 Å². The summed E-state index contributed by atoms with van der Waals surface area (Å²) in [7, 11) is 0. The molecule has 0 amide bonds. The van der Waals surface area contributed by atoms with Crippen molar-refractivity contribution in [3.05, 3.63) is 22.8 Å². The van der Waals surface area contributed by atoms with Crippen molar-refractivity contribution in [1.29, 1.82) is 0 Å². The highest BCUT2D eigenvalue weighted by atomic mass is 14.5. The Bertz CT molecular complexity index is 255. The molecular formula is C10H12. The second kappa shape index (κ2) is 1.39. The molecule has 3 rings (SSSR count). The molecule has 0 heterocycles. The van der Waals surface area contributed by atoms with E-state index in [0.717, 1.165) is 11.8 Å². The Morgan fingerprint density at radius 3 is 3.00 bits per heavy atom. The van der Waals surface area contributed by atoms with Gasteiger partial charge in [0.2, 0.25) is 0 Å². The van der Waals surface area contributed by atoms with Crippen LogP contribution in [0.3, 0.4) is 0 Å². The Kier molecular flexibility index (Phi) is 0.719. The second-order valence-electron chi connectivity index (χ2n) is 3.95. The van der Waals surface area contributed by atoms with Crippen molar-refractivity contribution in [2.45, 2.75) is 26.2 Å². The molecule has 0 N–H and O–H groups in total. The molecule has 10 heavy (non-hydrogen) atoms. The zero-order valence-electron chi connectivity index (χ0n) is 6.35. The molecule has 0 aromatic heterocycles. The van der Waals surface area contributed by atoms with Gasteiger partial charge in [0.1, 0.15) is 0 Å². The van der Waals surface area contributed by atoms with Crippen LogP contribution in [0.15, 0.2) is 22.8 Å². The van der Waals surface area contributed by atoms with E-state index >= 15 is 0 Å². The van der Waals surface area contributed by atoms with Crippen LogP contribution >= 0.6 is 0 Å². The lowest BCUT2D eigenvalue weighted by Gasteiger charge is -2.37. The minimum absolute atomic E-state index is 0.934. The van der Waals surface area contributed by atoms with Gasteiger partial charge in [-0.25, -0.2) is 0 Å². The summed E-state index contributed by atoms with van der Waals surface area (Å²) in [4.78, 5) is 0. The normalized spacial score (nSPS) is 41.5. The Labute approximate surface area is 61.6 Å². The summed E-state index contributed by atoms with van der Waals surface area (Å²) < 4.78 is 0. The van der Waals surface area contributed by atoms with Crippen LogP contribution in [-0.4, -0.2) is 0 Å². The van der Waals surface area contributed by atoms with Gasteiger partial charge in [0, 0.05) is 5.92 Å². The van der Waals surface area contributed by atoms with Crippen molar-refractivity contribution in [3.8, 4) is 0 Å². The molecule has 0 nitrogen and oxygen atoms in total. The van der Waals surface area contributed by atoms with E-state index in [1.165, 1.54) is 19.3 Å². The average Bonchev–Trinajstić information content (AvgIpc) is 2.40. The van der Waals surface area contributed by atoms with Crippen molar-refractivity contribution >= 4 is 0 Å². The number of fused-ring (bicyclic) bond motifs is 4. The summed E-state index contributed by atoms with van der Waals surface area (Å²) in [6.45, 7) is 2.39. The van der Waals surface area contributed by atoms with E-state index in [0.29, 0.717) is 0 Å². The number of hydrogen-bond acceptors (Lipinski definition) is 0. The highest BCUT2D eigenvalue weighted by Crippen LogP contribution is 2.56. The van der Waals surface area contributed by atoms with E-state index in [-0.39, 0.29) is 0 Å². The molecule has 1 saturated carbocycles. The summed E-state index contributed by atoms with van der Waals surface area (Å²) in [5, 5.41) is 0. The van der Waals surface area contributed by atoms with Gasteiger partial charge >= 0.3 is 0 Å². The van der Waals surface area contributed by atoms with Crippen molar-refractivity contribution in [3.63, 3.8) is 0 Å². The van der Waals surface area contributed by atoms with E-state index in [1.807, 2.05) is 5.57 Å². The summed E-state index contributed by atoms with van der Waals surface area (Å²) in [5.41, 5.74) is 5.35. The monoisotopic (exact) mass is 132 g/mol. The third kappa shape index (κ3) is 0.387. The van der Waals surface area contributed by atoms with Crippen LogP contribution in [0, 0.1) is 11.8 Å². The largest absolute Gasteiger partial charge is 0.0803 e. The minimum atomic E-state index is 0.934. The van der Waals surface area contributed by atoms with Crippen molar-refractivity contribution in [1.82, 2.24) is 0 Å². The molecule has 0 heteroatoms. The predicted octanol–water partition coefficient (Wildman–Crippen LogP) is 2.67. The topological polar surface area (TPSA) is 0 Å². The Morgan fingerprint density at radius 1 is 1.50 bits per heavy atom. The van der Waals surface area contributed by atoms with E-state index in [9.17, 15) is 0 Å². The van der Waals surface area contributed by atoms with Gasteiger partial charge < -0.3 is 0 Å². The minimum Gasteiger partial charge on any atom is -0.0803 e. The number of allylic oxidation sites excluding steroid dienone is 4. The SMILES string of the molecule is CC1CC2=C3CC=C(C3)C21. The van der Waals surface area contributed by atoms with Crippen molar-refractivity contribution in [2.75, 3.05) is 0 Å². The molecular weight excluding hydrogens is 120 g/mol. The Balaban J connectivity index is 2.11. The van der Waals surface area contributed by atoms with Gasteiger partial charge in [0.15, 0.2) is 0 Å². The van der Waals surface area contributed by atoms with Gasteiger partial charge in [-0.2, -0.15) is 0 Å². The number of hydrogen-bond donors (Lipinski definition) is 0.